The topological polar surface area (TPSA) is 58.6 Å². The highest BCUT2D eigenvalue weighted by Crippen LogP contribution is 2.31. The number of methoxy groups -OCH3 is 1. The number of thiophene rings is 1. The van der Waals surface area contributed by atoms with Gasteiger partial charge in [-0.25, -0.2) is 0 Å². The summed E-state index contributed by atoms with van der Waals surface area (Å²) in [6.45, 7) is -0.245. The Morgan fingerprint density at radius 3 is 2.41 bits per heavy atom. The second kappa shape index (κ2) is 10.8. The number of nitrogens with one attached hydrogen (secondary N) is 1. The van der Waals surface area contributed by atoms with E-state index in [9.17, 15) is 22.8 Å². The molecule has 1 saturated carbocycles. The van der Waals surface area contributed by atoms with Crippen LogP contribution in [0.2, 0.25) is 0 Å². The molecule has 0 bridgehead atoms. The van der Waals surface area contributed by atoms with E-state index in [0.717, 1.165) is 37.7 Å². The molecule has 9 heteroatoms. The molecule has 0 saturated heterocycles. The summed E-state index contributed by atoms with van der Waals surface area (Å²) < 4.78 is 45.6. The zero-order valence-corrected chi connectivity index (χ0v) is 18.7. The molecule has 0 spiro atoms. The van der Waals surface area contributed by atoms with Gasteiger partial charge in [0.1, 0.15) is 11.8 Å². The monoisotopic (exact) mass is 468 g/mol. The molecule has 1 aromatic carbocycles. The number of ether oxygens (including phenoxy) is 1. The maximum Gasteiger partial charge on any atom is 0.471 e. The van der Waals surface area contributed by atoms with Crippen molar-refractivity contribution in [3.8, 4) is 5.75 Å². The number of carbonyl (C=O) groups is 2. The lowest BCUT2D eigenvalue weighted by Gasteiger charge is -2.33. The van der Waals surface area contributed by atoms with E-state index in [1.54, 1.807) is 41.8 Å². The summed E-state index contributed by atoms with van der Waals surface area (Å²) in [7, 11) is 1.52. The van der Waals surface area contributed by atoms with Crippen LogP contribution in [-0.2, 0) is 16.0 Å². The van der Waals surface area contributed by atoms with Crippen molar-refractivity contribution < 1.29 is 27.5 Å². The van der Waals surface area contributed by atoms with Gasteiger partial charge in [0.05, 0.1) is 7.11 Å². The van der Waals surface area contributed by atoms with E-state index in [4.69, 9.17) is 4.74 Å². The molecule has 1 aliphatic rings. The normalized spacial score (nSPS) is 15.8. The number of hydrogen-bond donors (Lipinski definition) is 1. The molecule has 1 N–H and O–H groups in total. The lowest BCUT2D eigenvalue weighted by Crippen LogP contribution is -2.50. The van der Waals surface area contributed by atoms with E-state index >= 15 is 0 Å². The number of amides is 2. The minimum Gasteiger partial charge on any atom is -0.497 e. The van der Waals surface area contributed by atoms with Crippen molar-refractivity contribution in [2.75, 3.05) is 13.7 Å². The van der Waals surface area contributed by atoms with Crippen molar-refractivity contribution in [3.63, 3.8) is 0 Å². The first-order chi connectivity index (χ1) is 15.3. The Balaban J connectivity index is 1.86. The summed E-state index contributed by atoms with van der Waals surface area (Å²) in [6, 6.07) is 8.73. The van der Waals surface area contributed by atoms with Crippen molar-refractivity contribution in [1.82, 2.24) is 10.2 Å². The molecule has 0 aliphatic heterocycles. The fourth-order valence-electron chi connectivity index (χ4n) is 3.95. The van der Waals surface area contributed by atoms with Gasteiger partial charge in [-0.3, -0.25) is 9.59 Å². The number of alkyl halides is 3. The minimum atomic E-state index is -5.08. The number of nitrogens with zero attached hydrogens (tertiary/aromatic N) is 1. The van der Waals surface area contributed by atoms with Gasteiger partial charge in [-0.15, -0.1) is 11.3 Å². The molecule has 3 rings (SSSR count). The second-order valence-electron chi connectivity index (χ2n) is 7.86. The third-order valence-electron chi connectivity index (χ3n) is 5.63. The highest BCUT2D eigenvalue weighted by molar-refractivity contribution is 7.10. The average molecular weight is 469 g/mol. The first-order valence-electron chi connectivity index (χ1n) is 10.6. The van der Waals surface area contributed by atoms with Crippen molar-refractivity contribution in [3.05, 3.63) is 52.2 Å². The largest absolute Gasteiger partial charge is 0.497 e. The lowest BCUT2D eigenvalue weighted by atomic mass is 9.95. The minimum absolute atomic E-state index is 0.0804. The van der Waals surface area contributed by atoms with Gasteiger partial charge in [-0.1, -0.05) is 37.5 Å². The molecular weight excluding hydrogens is 441 g/mol. The molecule has 1 heterocycles. The van der Waals surface area contributed by atoms with Crippen LogP contribution in [0.1, 0.15) is 48.6 Å². The van der Waals surface area contributed by atoms with Crippen LogP contribution >= 0.6 is 11.3 Å². The van der Waals surface area contributed by atoms with E-state index in [0.29, 0.717) is 15.5 Å². The predicted molar refractivity (Wildman–Crippen MR) is 117 cm³/mol. The summed E-state index contributed by atoms with van der Waals surface area (Å²) in [5.74, 6) is -1.95. The molecular formula is C23H27F3N2O3S. The summed E-state index contributed by atoms with van der Waals surface area (Å²) >= 11 is 1.17. The third kappa shape index (κ3) is 6.25. The first-order valence-corrected chi connectivity index (χ1v) is 11.5. The maximum absolute atomic E-state index is 13.5. The van der Waals surface area contributed by atoms with Crippen molar-refractivity contribution in [1.29, 1.82) is 0 Å². The van der Waals surface area contributed by atoms with Gasteiger partial charge in [0.25, 0.3) is 0 Å². The van der Waals surface area contributed by atoms with Crippen LogP contribution in [0.15, 0.2) is 41.8 Å². The van der Waals surface area contributed by atoms with E-state index in [1.165, 1.54) is 18.4 Å². The number of hydrogen-bond acceptors (Lipinski definition) is 4. The maximum atomic E-state index is 13.5. The Labute approximate surface area is 189 Å². The molecule has 1 fully saturated rings. The molecule has 2 amide bonds. The number of rotatable bonds is 8. The van der Waals surface area contributed by atoms with E-state index in [1.807, 2.05) is 0 Å². The first kappa shape index (κ1) is 24.1. The Hall–Kier alpha value is -2.55. The summed E-state index contributed by atoms with van der Waals surface area (Å²) in [6.07, 6.45) is -0.301. The smallest absolute Gasteiger partial charge is 0.471 e. The van der Waals surface area contributed by atoms with Crippen LogP contribution in [0, 0.1) is 0 Å². The summed E-state index contributed by atoms with van der Waals surface area (Å²) in [5, 5.41) is 4.59. The number of carbonyl (C=O) groups excluding carboxylic acids is 2. The summed E-state index contributed by atoms with van der Waals surface area (Å²) in [5.41, 5.74) is 0.739. The Morgan fingerprint density at radius 1 is 1.16 bits per heavy atom. The Kier molecular flexibility index (Phi) is 8.17. The SMILES string of the molecule is COc1ccc(CCN(C(=O)C(F)(F)F)[C@@H](C(=O)NC2CCCCC2)c2cccs2)cc1. The molecule has 1 aromatic heterocycles. The van der Waals surface area contributed by atoms with Crippen LogP contribution < -0.4 is 10.1 Å². The van der Waals surface area contributed by atoms with Gasteiger partial charge in [0, 0.05) is 17.5 Å². The van der Waals surface area contributed by atoms with Gasteiger partial charge >= 0.3 is 12.1 Å². The van der Waals surface area contributed by atoms with Crippen LogP contribution in [0.3, 0.4) is 0 Å². The number of halogens is 3. The number of benzene rings is 1. The van der Waals surface area contributed by atoms with Crippen LogP contribution in [0.25, 0.3) is 0 Å². The quantitative estimate of drug-likeness (QED) is 0.601. The molecule has 1 atom stereocenters. The molecule has 1 aliphatic carbocycles. The fourth-order valence-corrected chi connectivity index (χ4v) is 4.79. The van der Waals surface area contributed by atoms with Crippen LogP contribution in [0.4, 0.5) is 13.2 Å². The van der Waals surface area contributed by atoms with Crippen molar-refractivity contribution >= 4 is 23.2 Å². The van der Waals surface area contributed by atoms with Crippen LogP contribution in [0.5, 0.6) is 5.75 Å². The van der Waals surface area contributed by atoms with Crippen molar-refractivity contribution in [2.45, 2.75) is 56.8 Å². The van der Waals surface area contributed by atoms with Gasteiger partial charge in [-0.2, -0.15) is 13.2 Å². The molecule has 2 aromatic rings. The third-order valence-corrected chi connectivity index (χ3v) is 6.55. The fraction of sp³-hybridized carbons (Fsp3) is 0.478. The molecule has 0 unspecified atom stereocenters. The standard InChI is InChI=1S/C23H27F3N2O3S/c1-31-18-11-9-16(10-12-18)13-14-28(22(30)23(24,25)26)20(19-8-5-15-32-19)21(29)27-17-6-3-2-4-7-17/h5,8-12,15,17,20H,2-4,6-7,13-14H2,1H3,(H,27,29)/t20-/m1/s1. The van der Waals surface area contributed by atoms with Crippen molar-refractivity contribution in [2.24, 2.45) is 0 Å². The highest BCUT2D eigenvalue weighted by atomic mass is 32.1. The molecule has 32 heavy (non-hydrogen) atoms. The van der Waals surface area contributed by atoms with Gasteiger partial charge in [-0.05, 0) is 48.4 Å². The predicted octanol–water partition coefficient (Wildman–Crippen LogP) is 4.88. The van der Waals surface area contributed by atoms with E-state index in [2.05, 4.69) is 5.32 Å². The summed E-state index contributed by atoms with van der Waals surface area (Å²) in [4.78, 5) is 26.7. The zero-order chi connectivity index (χ0) is 23.1. The lowest BCUT2D eigenvalue weighted by molar-refractivity contribution is -0.188. The molecule has 0 radical (unpaired) electrons. The molecule has 174 valence electrons. The molecule has 5 nitrogen and oxygen atoms in total. The zero-order valence-electron chi connectivity index (χ0n) is 17.9. The van der Waals surface area contributed by atoms with Gasteiger partial charge in [0.15, 0.2) is 0 Å². The average Bonchev–Trinajstić information content (AvgIpc) is 3.30. The van der Waals surface area contributed by atoms with E-state index in [-0.39, 0.29) is 19.0 Å². The van der Waals surface area contributed by atoms with Crippen LogP contribution in [-0.4, -0.2) is 42.6 Å². The van der Waals surface area contributed by atoms with Gasteiger partial charge < -0.3 is 15.0 Å². The van der Waals surface area contributed by atoms with Gasteiger partial charge in [0.2, 0.25) is 5.91 Å². The second-order valence-corrected chi connectivity index (χ2v) is 8.84. The Bertz CT molecular complexity index is 879. The Morgan fingerprint density at radius 2 is 1.84 bits per heavy atom. The van der Waals surface area contributed by atoms with E-state index < -0.39 is 24.0 Å². The highest BCUT2D eigenvalue weighted by Gasteiger charge is 2.46.